The lowest BCUT2D eigenvalue weighted by Crippen LogP contribution is -2.24. The van der Waals surface area contributed by atoms with Gasteiger partial charge in [-0.1, -0.05) is 11.6 Å². The first kappa shape index (κ1) is 18.2. The summed E-state index contributed by atoms with van der Waals surface area (Å²) in [7, 11) is -0.870. The van der Waals surface area contributed by atoms with Crippen molar-refractivity contribution in [2.24, 2.45) is 0 Å². The number of benzene rings is 1. The molecule has 0 aliphatic carbocycles. The Morgan fingerprint density at radius 3 is 2.71 bits per heavy atom. The second-order valence-corrected chi connectivity index (χ2v) is 7.03. The van der Waals surface area contributed by atoms with E-state index < -0.39 is 15.9 Å². The second-order valence-electron chi connectivity index (χ2n) is 4.74. The number of aromatic nitrogens is 1. The summed E-state index contributed by atoms with van der Waals surface area (Å²) in [5.74, 6) is -0.0502. The molecule has 0 unspecified atom stereocenters. The van der Waals surface area contributed by atoms with E-state index in [-0.39, 0.29) is 22.0 Å². The van der Waals surface area contributed by atoms with E-state index in [1.54, 1.807) is 18.3 Å². The van der Waals surface area contributed by atoms with E-state index in [4.69, 9.17) is 16.3 Å². The molecule has 2 N–H and O–H groups in total. The lowest BCUT2D eigenvalue weighted by atomic mass is 10.2. The molecular weight excluding hydrogens is 354 g/mol. The third-order valence-corrected chi connectivity index (χ3v) is 4.96. The first-order valence-corrected chi connectivity index (χ1v) is 8.73. The first-order valence-electron chi connectivity index (χ1n) is 6.87. The van der Waals surface area contributed by atoms with Gasteiger partial charge in [-0.05, 0) is 36.9 Å². The molecule has 0 bridgehead atoms. The Kier molecular flexibility index (Phi) is 5.76. The summed E-state index contributed by atoms with van der Waals surface area (Å²) < 4.78 is 30.9. The molecule has 1 amide bonds. The van der Waals surface area contributed by atoms with Crippen molar-refractivity contribution in [1.82, 2.24) is 15.0 Å². The van der Waals surface area contributed by atoms with Gasteiger partial charge in [0, 0.05) is 18.8 Å². The average molecular weight is 370 g/mol. The molecule has 0 fully saturated rings. The fraction of sp³-hybridized carbons (Fsp3) is 0.200. The van der Waals surface area contributed by atoms with Crippen molar-refractivity contribution < 1.29 is 17.9 Å². The number of ether oxygens (including phenoxy) is 1. The van der Waals surface area contributed by atoms with Crippen LogP contribution in [0.25, 0.3) is 0 Å². The molecule has 2 aromatic rings. The van der Waals surface area contributed by atoms with Gasteiger partial charge >= 0.3 is 0 Å². The van der Waals surface area contributed by atoms with Gasteiger partial charge in [0.2, 0.25) is 15.9 Å². The lowest BCUT2D eigenvalue weighted by Gasteiger charge is -2.09. The van der Waals surface area contributed by atoms with Crippen molar-refractivity contribution in [2.45, 2.75) is 11.4 Å². The minimum Gasteiger partial charge on any atom is -0.481 e. The Hall–Kier alpha value is -2.16. The zero-order chi connectivity index (χ0) is 17.7. The van der Waals surface area contributed by atoms with E-state index in [0.717, 1.165) is 5.56 Å². The summed E-state index contributed by atoms with van der Waals surface area (Å²) >= 11 is 6.01. The van der Waals surface area contributed by atoms with E-state index in [1.807, 2.05) is 0 Å². The Labute approximate surface area is 145 Å². The van der Waals surface area contributed by atoms with Crippen molar-refractivity contribution in [3.05, 3.63) is 52.7 Å². The number of nitrogens with zero attached hydrogens (tertiary/aromatic N) is 1. The van der Waals surface area contributed by atoms with Crippen LogP contribution >= 0.6 is 11.6 Å². The van der Waals surface area contributed by atoms with Crippen LogP contribution in [0.5, 0.6) is 5.88 Å². The number of hydrogen-bond acceptors (Lipinski definition) is 5. The van der Waals surface area contributed by atoms with Crippen molar-refractivity contribution in [1.29, 1.82) is 0 Å². The van der Waals surface area contributed by atoms with Crippen LogP contribution in [0, 0.1) is 0 Å². The highest BCUT2D eigenvalue weighted by molar-refractivity contribution is 7.89. The van der Waals surface area contributed by atoms with Gasteiger partial charge < -0.3 is 10.1 Å². The van der Waals surface area contributed by atoms with Gasteiger partial charge in [0.1, 0.15) is 0 Å². The number of halogens is 1. The van der Waals surface area contributed by atoms with Crippen LogP contribution < -0.4 is 14.8 Å². The van der Waals surface area contributed by atoms with Crippen LogP contribution in [0.1, 0.15) is 15.9 Å². The number of hydrogen-bond donors (Lipinski definition) is 2. The van der Waals surface area contributed by atoms with Crippen LogP contribution in [-0.2, 0) is 16.6 Å². The monoisotopic (exact) mass is 369 g/mol. The Bertz CT molecular complexity index is 856. The topological polar surface area (TPSA) is 97.4 Å². The predicted octanol–water partition coefficient (Wildman–Crippen LogP) is 1.58. The highest BCUT2D eigenvalue weighted by atomic mass is 35.5. The van der Waals surface area contributed by atoms with E-state index in [0.29, 0.717) is 5.88 Å². The molecular formula is C15H16ClN3O4S. The van der Waals surface area contributed by atoms with Crippen LogP contribution in [0.15, 0.2) is 41.4 Å². The van der Waals surface area contributed by atoms with Gasteiger partial charge in [-0.15, -0.1) is 0 Å². The van der Waals surface area contributed by atoms with Gasteiger partial charge in [-0.25, -0.2) is 18.1 Å². The third-order valence-electron chi connectivity index (χ3n) is 3.22. The summed E-state index contributed by atoms with van der Waals surface area (Å²) in [6.07, 6.45) is 1.56. The van der Waals surface area contributed by atoms with Gasteiger partial charge in [-0.2, -0.15) is 0 Å². The molecule has 1 aromatic carbocycles. The quantitative estimate of drug-likeness (QED) is 0.805. The number of amides is 1. The largest absolute Gasteiger partial charge is 0.481 e. The minimum absolute atomic E-state index is 0.0369. The third kappa shape index (κ3) is 4.22. The fourth-order valence-corrected chi connectivity index (χ4v) is 2.87. The molecule has 0 saturated carbocycles. The SMILES string of the molecule is CNS(=O)(=O)c1ccc(Cl)c(C(=O)NCc2ccnc(OC)c2)c1. The average Bonchev–Trinajstić information content (AvgIpc) is 2.60. The summed E-state index contributed by atoms with van der Waals surface area (Å²) in [5.41, 5.74) is 0.860. The molecule has 128 valence electrons. The van der Waals surface area contributed by atoms with Gasteiger partial charge in [-0.3, -0.25) is 4.79 Å². The zero-order valence-electron chi connectivity index (χ0n) is 13.0. The van der Waals surface area contributed by atoms with Gasteiger partial charge in [0.05, 0.1) is 22.6 Å². The number of carbonyl (C=O) groups is 1. The Morgan fingerprint density at radius 2 is 2.04 bits per heavy atom. The molecule has 0 spiro atoms. The summed E-state index contributed by atoms with van der Waals surface area (Å²) in [5, 5.41) is 2.84. The van der Waals surface area contributed by atoms with E-state index in [1.165, 1.54) is 32.4 Å². The molecule has 24 heavy (non-hydrogen) atoms. The zero-order valence-corrected chi connectivity index (χ0v) is 14.6. The lowest BCUT2D eigenvalue weighted by molar-refractivity contribution is 0.0951. The molecule has 1 aromatic heterocycles. The molecule has 1 heterocycles. The molecule has 0 aliphatic heterocycles. The summed E-state index contributed by atoms with van der Waals surface area (Å²) in [6, 6.07) is 7.35. The van der Waals surface area contributed by atoms with E-state index in [2.05, 4.69) is 15.0 Å². The summed E-state index contributed by atoms with van der Waals surface area (Å²) in [6.45, 7) is 0.219. The number of carbonyl (C=O) groups excluding carboxylic acids is 1. The van der Waals surface area contributed by atoms with Crippen molar-refractivity contribution >= 4 is 27.5 Å². The number of pyridine rings is 1. The molecule has 7 nitrogen and oxygen atoms in total. The maximum absolute atomic E-state index is 12.3. The Morgan fingerprint density at radius 1 is 1.29 bits per heavy atom. The molecule has 0 aliphatic rings. The van der Waals surface area contributed by atoms with Crippen LogP contribution in [-0.4, -0.2) is 33.5 Å². The van der Waals surface area contributed by atoms with E-state index >= 15 is 0 Å². The highest BCUT2D eigenvalue weighted by Gasteiger charge is 2.17. The molecule has 0 radical (unpaired) electrons. The molecule has 2 rings (SSSR count). The number of rotatable bonds is 6. The number of methoxy groups -OCH3 is 1. The maximum atomic E-state index is 12.3. The number of nitrogens with one attached hydrogen (secondary N) is 2. The van der Waals surface area contributed by atoms with Crippen LogP contribution in [0.2, 0.25) is 5.02 Å². The van der Waals surface area contributed by atoms with Gasteiger partial charge in [0.15, 0.2) is 0 Å². The summed E-state index contributed by atoms with van der Waals surface area (Å²) in [4.78, 5) is 16.2. The normalized spacial score (nSPS) is 11.1. The smallest absolute Gasteiger partial charge is 0.253 e. The van der Waals surface area contributed by atoms with E-state index in [9.17, 15) is 13.2 Å². The molecule has 0 saturated heterocycles. The second kappa shape index (κ2) is 7.61. The highest BCUT2D eigenvalue weighted by Crippen LogP contribution is 2.20. The predicted molar refractivity (Wildman–Crippen MR) is 89.7 cm³/mol. The maximum Gasteiger partial charge on any atom is 0.253 e. The van der Waals surface area contributed by atoms with Crippen LogP contribution in [0.4, 0.5) is 0 Å². The Balaban J connectivity index is 2.19. The fourth-order valence-electron chi connectivity index (χ4n) is 1.91. The van der Waals surface area contributed by atoms with Gasteiger partial charge in [0.25, 0.3) is 5.91 Å². The standard InChI is InChI=1S/C15H16ClN3O4S/c1-17-24(21,22)11-3-4-13(16)12(8-11)15(20)19-9-10-5-6-18-14(7-10)23-2/h3-8,17H,9H2,1-2H3,(H,19,20). The van der Waals surface area contributed by atoms with Crippen LogP contribution in [0.3, 0.4) is 0 Å². The van der Waals surface area contributed by atoms with Crippen molar-refractivity contribution in [3.8, 4) is 5.88 Å². The molecule has 0 atom stereocenters. The van der Waals surface area contributed by atoms with Crippen molar-refractivity contribution in [3.63, 3.8) is 0 Å². The minimum atomic E-state index is -3.66. The number of sulfonamides is 1. The first-order chi connectivity index (χ1) is 11.4. The molecule has 9 heteroatoms. The van der Waals surface area contributed by atoms with Crippen molar-refractivity contribution in [2.75, 3.05) is 14.2 Å².